The third-order valence-corrected chi connectivity index (χ3v) is 5.46. The van der Waals surface area contributed by atoms with Crippen LogP contribution in [0, 0.1) is 5.92 Å². The van der Waals surface area contributed by atoms with Crippen molar-refractivity contribution < 1.29 is 4.79 Å². The summed E-state index contributed by atoms with van der Waals surface area (Å²) in [5.41, 5.74) is 1.99. The zero-order valence-electron chi connectivity index (χ0n) is 17.0. The van der Waals surface area contributed by atoms with Crippen LogP contribution in [0.3, 0.4) is 0 Å². The second-order valence-corrected chi connectivity index (χ2v) is 7.82. The molecule has 4 rings (SSSR count). The normalized spacial score (nSPS) is 15.2. The number of hydrogen-bond donors (Lipinski definition) is 1. The summed E-state index contributed by atoms with van der Waals surface area (Å²) < 4.78 is 1.80. The topological polar surface area (TPSA) is 88.8 Å². The van der Waals surface area contributed by atoms with Gasteiger partial charge in [0.1, 0.15) is 17.0 Å². The zero-order valence-corrected chi connectivity index (χ0v) is 17.0. The van der Waals surface area contributed by atoms with Crippen LogP contribution in [-0.2, 0) is 0 Å². The van der Waals surface area contributed by atoms with Crippen LogP contribution in [-0.4, -0.2) is 50.3 Å². The fourth-order valence-corrected chi connectivity index (χ4v) is 3.70. The number of fused-ring (bicyclic) bond motifs is 1. The van der Waals surface area contributed by atoms with Crippen molar-refractivity contribution in [1.82, 2.24) is 30.0 Å². The third kappa shape index (κ3) is 4.52. The molecule has 1 aliphatic heterocycles. The van der Waals surface area contributed by atoms with Crippen molar-refractivity contribution >= 4 is 22.9 Å². The summed E-state index contributed by atoms with van der Waals surface area (Å²) in [5.74, 6) is 1.48. The molecule has 0 aliphatic carbocycles. The van der Waals surface area contributed by atoms with Gasteiger partial charge in [-0.25, -0.2) is 9.97 Å². The van der Waals surface area contributed by atoms with E-state index in [0.717, 1.165) is 43.7 Å². The van der Waals surface area contributed by atoms with Crippen LogP contribution >= 0.6 is 0 Å². The second kappa shape index (κ2) is 8.55. The summed E-state index contributed by atoms with van der Waals surface area (Å²) in [6, 6.07) is 6.03. The van der Waals surface area contributed by atoms with Gasteiger partial charge in [-0.1, -0.05) is 0 Å². The average Bonchev–Trinajstić information content (AvgIpc) is 3.25. The van der Waals surface area contributed by atoms with Crippen molar-refractivity contribution in [2.45, 2.75) is 39.2 Å². The number of pyridine rings is 1. The monoisotopic (exact) mass is 393 g/mol. The number of carbonyl (C=O) groups excluding carboxylic acids is 1. The van der Waals surface area contributed by atoms with Crippen molar-refractivity contribution in [2.75, 3.05) is 24.5 Å². The van der Waals surface area contributed by atoms with E-state index in [2.05, 4.69) is 30.3 Å². The van der Waals surface area contributed by atoms with Crippen LogP contribution in [0.4, 0.5) is 5.82 Å². The van der Waals surface area contributed by atoms with Crippen LogP contribution in [0.25, 0.3) is 11.2 Å². The summed E-state index contributed by atoms with van der Waals surface area (Å²) in [6.45, 7) is 6.71. The largest absolute Gasteiger partial charge is 0.357 e. The number of carbonyl (C=O) groups is 1. The second-order valence-electron chi connectivity index (χ2n) is 7.82. The Morgan fingerprint density at radius 2 is 1.97 bits per heavy atom. The summed E-state index contributed by atoms with van der Waals surface area (Å²) >= 11 is 0. The number of piperidine rings is 1. The van der Waals surface area contributed by atoms with Gasteiger partial charge in [0, 0.05) is 44.3 Å². The molecule has 152 valence electrons. The minimum atomic E-state index is -0.0942. The highest BCUT2D eigenvalue weighted by Crippen LogP contribution is 2.24. The molecular weight excluding hydrogens is 366 g/mol. The molecule has 0 bridgehead atoms. The highest BCUT2D eigenvalue weighted by molar-refractivity contribution is 5.92. The Hall–Kier alpha value is -3.03. The molecule has 8 nitrogen and oxygen atoms in total. The lowest BCUT2D eigenvalue weighted by Gasteiger charge is -2.32. The quantitative estimate of drug-likeness (QED) is 0.693. The molecule has 1 amide bonds. The summed E-state index contributed by atoms with van der Waals surface area (Å²) in [7, 11) is 0. The first-order valence-electron chi connectivity index (χ1n) is 10.3. The van der Waals surface area contributed by atoms with Crippen molar-refractivity contribution in [3.8, 4) is 0 Å². The molecule has 0 saturated carbocycles. The molecule has 1 saturated heterocycles. The van der Waals surface area contributed by atoms with Crippen molar-refractivity contribution in [2.24, 2.45) is 5.92 Å². The van der Waals surface area contributed by atoms with E-state index < -0.39 is 0 Å². The van der Waals surface area contributed by atoms with E-state index in [4.69, 9.17) is 0 Å². The van der Waals surface area contributed by atoms with Gasteiger partial charge in [0.15, 0.2) is 5.65 Å². The van der Waals surface area contributed by atoms with Crippen molar-refractivity contribution in [3.63, 3.8) is 0 Å². The Labute approximate surface area is 170 Å². The highest BCUT2D eigenvalue weighted by Gasteiger charge is 2.21. The SMILES string of the molecule is CC(C)n1ccc(C(=O)NCCC2CCN(c3ccc4nccnc4n3)CC2)n1. The maximum absolute atomic E-state index is 12.3. The third-order valence-electron chi connectivity index (χ3n) is 5.46. The minimum Gasteiger partial charge on any atom is -0.357 e. The number of nitrogens with zero attached hydrogens (tertiary/aromatic N) is 6. The van der Waals surface area contributed by atoms with Gasteiger partial charge in [0.2, 0.25) is 0 Å². The lowest BCUT2D eigenvalue weighted by atomic mass is 9.93. The maximum Gasteiger partial charge on any atom is 0.271 e. The van der Waals surface area contributed by atoms with E-state index in [0.29, 0.717) is 23.8 Å². The Morgan fingerprint density at radius 1 is 1.17 bits per heavy atom. The van der Waals surface area contributed by atoms with Crippen LogP contribution in [0.15, 0.2) is 36.8 Å². The van der Waals surface area contributed by atoms with E-state index in [1.54, 1.807) is 23.1 Å². The van der Waals surface area contributed by atoms with Gasteiger partial charge < -0.3 is 10.2 Å². The molecule has 29 heavy (non-hydrogen) atoms. The van der Waals surface area contributed by atoms with Gasteiger partial charge in [0.05, 0.1) is 0 Å². The lowest BCUT2D eigenvalue weighted by molar-refractivity contribution is 0.0944. The maximum atomic E-state index is 12.3. The molecule has 0 atom stereocenters. The van der Waals surface area contributed by atoms with Crippen LogP contribution in [0.1, 0.15) is 49.6 Å². The Kier molecular flexibility index (Phi) is 5.69. The molecule has 0 aromatic carbocycles. The molecule has 3 aromatic heterocycles. The van der Waals surface area contributed by atoms with Gasteiger partial charge in [-0.05, 0) is 57.2 Å². The Balaban J connectivity index is 1.23. The van der Waals surface area contributed by atoms with E-state index in [-0.39, 0.29) is 11.9 Å². The smallest absolute Gasteiger partial charge is 0.271 e. The highest BCUT2D eigenvalue weighted by atomic mass is 16.1. The fraction of sp³-hybridized carbons (Fsp3) is 0.476. The van der Waals surface area contributed by atoms with E-state index in [1.165, 1.54) is 0 Å². The van der Waals surface area contributed by atoms with Crippen molar-refractivity contribution in [1.29, 1.82) is 0 Å². The molecule has 1 aliphatic rings. The van der Waals surface area contributed by atoms with Gasteiger partial charge in [-0.3, -0.25) is 14.5 Å². The number of hydrogen-bond acceptors (Lipinski definition) is 6. The summed E-state index contributed by atoms with van der Waals surface area (Å²) in [5, 5.41) is 7.33. The van der Waals surface area contributed by atoms with Crippen LogP contribution < -0.4 is 10.2 Å². The molecule has 1 fully saturated rings. The Morgan fingerprint density at radius 3 is 2.72 bits per heavy atom. The molecule has 4 heterocycles. The number of nitrogens with one attached hydrogen (secondary N) is 1. The lowest BCUT2D eigenvalue weighted by Crippen LogP contribution is -2.35. The molecule has 0 unspecified atom stereocenters. The van der Waals surface area contributed by atoms with Crippen molar-refractivity contribution in [3.05, 3.63) is 42.5 Å². The number of amides is 1. The minimum absolute atomic E-state index is 0.0942. The standard InChI is InChI=1S/C21H27N7O/c1-15(2)28-14-8-18(26-28)21(29)24-9-5-16-6-12-27(13-7-16)19-4-3-17-20(25-19)23-11-10-22-17/h3-4,8,10-11,14-16H,5-7,9,12-13H2,1-2H3,(H,24,29). The van der Waals surface area contributed by atoms with Gasteiger partial charge in [0.25, 0.3) is 5.91 Å². The predicted octanol–water partition coefficient (Wildman–Crippen LogP) is 2.84. The van der Waals surface area contributed by atoms with Crippen LogP contribution in [0.5, 0.6) is 0 Å². The first kappa shape index (κ1) is 19.3. The van der Waals surface area contributed by atoms with Crippen LogP contribution in [0.2, 0.25) is 0 Å². The first-order valence-corrected chi connectivity index (χ1v) is 10.3. The molecule has 0 spiro atoms. The molecule has 8 heteroatoms. The number of aromatic nitrogens is 5. The van der Waals surface area contributed by atoms with E-state index >= 15 is 0 Å². The summed E-state index contributed by atoms with van der Waals surface area (Å²) in [6.07, 6.45) is 8.38. The fourth-order valence-electron chi connectivity index (χ4n) is 3.70. The Bertz CT molecular complexity index is 976. The predicted molar refractivity (Wildman–Crippen MR) is 112 cm³/mol. The molecule has 0 radical (unpaired) electrons. The first-order chi connectivity index (χ1) is 14.1. The molecule has 3 aromatic rings. The number of anilines is 1. The average molecular weight is 393 g/mol. The number of rotatable bonds is 6. The van der Waals surface area contributed by atoms with Gasteiger partial charge in [-0.2, -0.15) is 5.10 Å². The molecular formula is C21H27N7O. The summed E-state index contributed by atoms with van der Waals surface area (Å²) in [4.78, 5) is 27.8. The van der Waals surface area contributed by atoms with Gasteiger partial charge in [-0.15, -0.1) is 0 Å². The van der Waals surface area contributed by atoms with E-state index in [9.17, 15) is 4.79 Å². The van der Waals surface area contributed by atoms with Gasteiger partial charge >= 0.3 is 0 Å². The zero-order chi connectivity index (χ0) is 20.2. The van der Waals surface area contributed by atoms with E-state index in [1.807, 2.05) is 32.2 Å². The molecule has 1 N–H and O–H groups in total.